The average Bonchev–Trinajstić information content (AvgIpc) is 2.85. The number of pyridine rings is 1. The van der Waals surface area contributed by atoms with Gasteiger partial charge >= 0.3 is 0 Å². The van der Waals surface area contributed by atoms with E-state index >= 15 is 0 Å². The maximum atomic E-state index is 12.9. The van der Waals surface area contributed by atoms with Crippen LogP contribution in [0.4, 0.5) is 10.1 Å². The summed E-state index contributed by atoms with van der Waals surface area (Å²) in [5.74, 6) is -0.294. The lowest BCUT2D eigenvalue weighted by atomic mass is 10.0. The molecule has 0 unspecified atom stereocenters. The van der Waals surface area contributed by atoms with Crippen LogP contribution in [0.25, 0.3) is 11.2 Å². The molecule has 0 fully saturated rings. The quantitative estimate of drug-likeness (QED) is 0.729. The lowest BCUT2D eigenvalue weighted by molar-refractivity contribution is 0.315. The summed E-state index contributed by atoms with van der Waals surface area (Å²) in [7, 11) is 0. The van der Waals surface area contributed by atoms with Gasteiger partial charge in [-0.3, -0.25) is 0 Å². The zero-order valence-corrected chi connectivity index (χ0v) is 10.4. The minimum Gasteiger partial charge on any atom is -0.396 e. The highest BCUT2D eigenvalue weighted by Gasteiger charge is 2.15. The van der Waals surface area contributed by atoms with E-state index in [4.69, 9.17) is 17.3 Å². The number of rotatable bonds is 2. The van der Waals surface area contributed by atoms with Crippen LogP contribution in [0.2, 0.25) is 5.15 Å². The molecule has 3 rings (SSSR count). The van der Waals surface area contributed by atoms with Crippen LogP contribution in [0.5, 0.6) is 0 Å². The third-order valence-electron chi connectivity index (χ3n) is 2.80. The second kappa shape index (κ2) is 4.47. The van der Waals surface area contributed by atoms with Crippen molar-refractivity contribution in [1.29, 1.82) is 0 Å². The van der Waals surface area contributed by atoms with Crippen LogP contribution in [0, 0.1) is 5.82 Å². The third kappa shape index (κ3) is 2.10. The Hall–Kier alpha value is -2.21. The maximum Gasteiger partial charge on any atom is 0.227 e. The van der Waals surface area contributed by atoms with Gasteiger partial charge < -0.3 is 5.73 Å². The van der Waals surface area contributed by atoms with E-state index < -0.39 is 0 Å². The van der Waals surface area contributed by atoms with Crippen LogP contribution < -0.4 is 5.73 Å². The highest BCUT2D eigenvalue weighted by atomic mass is 35.5. The SMILES string of the molecule is Nc1c(Cc2ccc(F)cc2)c(Cl)nc2nonc12. The largest absolute Gasteiger partial charge is 0.396 e. The van der Waals surface area contributed by atoms with E-state index in [-0.39, 0.29) is 16.6 Å². The summed E-state index contributed by atoms with van der Waals surface area (Å²) in [6.07, 6.45) is 0.431. The monoisotopic (exact) mass is 278 g/mol. The molecule has 1 aromatic carbocycles. The number of halogens is 2. The second-order valence-electron chi connectivity index (χ2n) is 4.03. The topological polar surface area (TPSA) is 77.8 Å². The van der Waals surface area contributed by atoms with E-state index in [2.05, 4.69) is 19.9 Å². The normalized spacial score (nSPS) is 11.1. The van der Waals surface area contributed by atoms with Crippen LogP contribution in [-0.2, 0) is 6.42 Å². The summed E-state index contributed by atoms with van der Waals surface area (Å²) < 4.78 is 17.4. The highest BCUT2D eigenvalue weighted by molar-refractivity contribution is 6.31. The molecule has 2 heterocycles. The molecule has 0 amide bonds. The summed E-state index contributed by atoms with van der Waals surface area (Å²) >= 11 is 6.07. The minimum absolute atomic E-state index is 0.241. The van der Waals surface area contributed by atoms with Gasteiger partial charge in [0.1, 0.15) is 11.0 Å². The van der Waals surface area contributed by atoms with Gasteiger partial charge in [0.25, 0.3) is 0 Å². The lowest BCUT2D eigenvalue weighted by Crippen LogP contribution is -2.00. The van der Waals surface area contributed by atoms with E-state index in [9.17, 15) is 4.39 Å². The Labute approximate surface area is 112 Å². The highest BCUT2D eigenvalue weighted by Crippen LogP contribution is 2.28. The number of aromatic nitrogens is 3. The molecule has 2 N–H and O–H groups in total. The number of hydrogen-bond donors (Lipinski definition) is 1. The fourth-order valence-corrected chi connectivity index (χ4v) is 2.06. The van der Waals surface area contributed by atoms with Crippen molar-refractivity contribution < 1.29 is 9.02 Å². The Morgan fingerprint density at radius 1 is 1.21 bits per heavy atom. The van der Waals surface area contributed by atoms with Gasteiger partial charge in [0, 0.05) is 12.0 Å². The molecule has 7 heteroatoms. The molecule has 0 bridgehead atoms. The van der Waals surface area contributed by atoms with Gasteiger partial charge in [0.2, 0.25) is 5.65 Å². The van der Waals surface area contributed by atoms with Crippen LogP contribution in [0.1, 0.15) is 11.1 Å². The first kappa shape index (κ1) is 11.9. The number of nitrogen functional groups attached to an aromatic ring is 1. The summed E-state index contributed by atoms with van der Waals surface area (Å²) in [4.78, 5) is 4.05. The van der Waals surface area contributed by atoms with Crippen molar-refractivity contribution in [3.8, 4) is 0 Å². The number of fused-ring (bicyclic) bond motifs is 1. The van der Waals surface area contributed by atoms with Gasteiger partial charge in [0.15, 0.2) is 5.52 Å². The molecule has 2 aromatic heterocycles. The van der Waals surface area contributed by atoms with E-state index in [1.807, 2.05) is 0 Å². The molecule has 0 saturated heterocycles. The first-order valence-electron chi connectivity index (χ1n) is 5.45. The molecular weight excluding hydrogens is 271 g/mol. The molecule has 96 valence electrons. The number of nitrogens with zero attached hydrogens (tertiary/aromatic N) is 3. The van der Waals surface area contributed by atoms with Gasteiger partial charge in [0.05, 0.1) is 5.69 Å². The van der Waals surface area contributed by atoms with Crippen molar-refractivity contribution in [2.75, 3.05) is 5.73 Å². The molecule has 0 radical (unpaired) electrons. The fourth-order valence-electron chi connectivity index (χ4n) is 1.82. The van der Waals surface area contributed by atoms with Crippen molar-refractivity contribution in [1.82, 2.24) is 15.3 Å². The summed E-state index contributed by atoms with van der Waals surface area (Å²) in [6.45, 7) is 0. The van der Waals surface area contributed by atoms with Crippen LogP contribution in [-0.4, -0.2) is 15.3 Å². The number of benzene rings is 1. The second-order valence-corrected chi connectivity index (χ2v) is 4.39. The van der Waals surface area contributed by atoms with Crippen molar-refractivity contribution in [2.24, 2.45) is 0 Å². The van der Waals surface area contributed by atoms with Crippen molar-refractivity contribution in [3.63, 3.8) is 0 Å². The first-order valence-corrected chi connectivity index (χ1v) is 5.83. The van der Waals surface area contributed by atoms with Gasteiger partial charge in [-0.2, -0.15) is 0 Å². The molecule has 0 aliphatic carbocycles. The predicted molar refractivity (Wildman–Crippen MR) is 68.2 cm³/mol. The Bertz CT molecular complexity index is 741. The molecule has 3 aromatic rings. The van der Waals surface area contributed by atoms with Crippen molar-refractivity contribution >= 4 is 28.5 Å². The number of hydrogen-bond acceptors (Lipinski definition) is 5. The maximum absolute atomic E-state index is 12.9. The molecule has 19 heavy (non-hydrogen) atoms. The van der Waals surface area contributed by atoms with Crippen molar-refractivity contribution in [2.45, 2.75) is 6.42 Å². The number of nitrogens with two attached hydrogens (primary N) is 1. The van der Waals surface area contributed by atoms with Crippen molar-refractivity contribution in [3.05, 3.63) is 46.4 Å². The zero-order valence-electron chi connectivity index (χ0n) is 9.60. The summed E-state index contributed by atoms with van der Waals surface area (Å²) in [5, 5.41) is 7.51. The third-order valence-corrected chi connectivity index (χ3v) is 3.11. The molecule has 5 nitrogen and oxygen atoms in total. The molecule has 0 spiro atoms. The van der Waals surface area contributed by atoms with E-state index in [1.54, 1.807) is 12.1 Å². The standard InChI is InChI=1S/C12H8ClFN4O/c13-11-8(5-6-1-3-7(14)4-2-6)9(15)10-12(16-11)18-19-17-10/h1-4H,5,15H2. The van der Waals surface area contributed by atoms with Gasteiger partial charge in [-0.25, -0.2) is 14.0 Å². The smallest absolute Gasteiger partial charge is 0.227 e. The van der Waals surface area contributed by atoms with Crippen LogP contribution in [0.15, 0.2) is 28.9 Å². The lowest BCUT2D eigenvalue weighted by Gasteiger charge is -2.07. The molecule has 0 aliphatic rings. The van der Waals surface area contributed by atoms with E-state index in [0.717, 1.165) is 5.56 Å². The van der Waals surface area contributed by atoms with Gasteiger partial charge in [-0.15, -0.1) is 0 Å². The summed E-state index contributed by atoms with van der Waals surface area (Å²) in [5.41, 5.74) is 8.49. The number of anilines is 1. The van der Waals surface area contributed by atoms with Gasteiger partial charge in [-0.1, -0.05) is 23.7 Å². The zero-order chi connectivity index (χ0) is 13.4. The van der Waals surface area contributed by atoms with E-state index in [1.165, 1.54) is 12.1 Å². The molecular formula is C12H8ClFN4O. The molecule has 0 saturated carbocycles. The van der Waals surface area contributed by atoms with Crippen LogP contribution >= 0.6 is 11.6 Å². The minimum atomic E-state index is -0.294. The summed E-state index contributed by atoms with van der Waals surface area (Å²) in [6, 6.07) is 6.08. The average molecular weight is 279 g/mol. The van der Waals surface area contributed by atoms with Crippen LogP contribution in [0.3, 0.4) is 0 Å². The fraction of sp³-hybridized carbons (Fsp3) is 0.0833. The Balaban J connectivity index is 2.06. The Morgan fingerprint density at radius 3 is 2.68 bits per heavy atom. The molecule has 0 atom stereocenters. The van der Waals surface area contributed by atoms with Gasteiger partial charge in [-0.05, 0) is 28.0 Å². The molecule has 0 aliphatic heterocycles. The Morgan fingerprint density at radius 2 is 1.95 bits per heavy atom. The first-order chi connectivity index (χ1) is 9.15. The Kier molecular flexibility index (Phi) is 2.79. The van der Waals surface area contributed by atoms with E-state index in [0.29, 0.717) is 23.2 Å². The predicted octanol–water partition coefficient (Wildman–Crippen LogP) is 2.58.